The molecule has 0 saturated carbocycles. The van der Waals surface area contributed by atoms with E-state index in [1.807, 2.05) is 0 Å². The van der Waals surface area contributed by atoms with Gasteiger partial charge in [-0.2, -0.15) is 0 Å². The number of ether oxygens (including phenoxy) is 1. The largest absolute Gasteiger partial charge is 0.367 e. The Kier molecular flexibility index (Phi) is 4.79. The molecule has 1 aliphatic heterocycles. The monoisotopic (exact) mass is 247 g/mol. The van der Waals surface area contributed by atoms with Gasteiger partial charge in [0.2, 0.25) is 0 Å². The first-order valence-electron chi connectivity index (χ1n) is 7.20. The van der Waals surface area contributed by atoms with E-state index in [9.17, 15) is 0 Å². The van der Waals surface area contributed by atoms with Gasteiger partial charge in [0.25, 0.3) is 0 Å². The van der Waals surface area contributed by atoms with E-state index in [0.717, 1.165) is 6.54 Å². The van der Waals surface area contributed by atoms with Crippen LogP contribution in [0.3, 0.4) is 0 Å². The van der Waals surface area contributed by atoms with Crippen LogP contribution in [0.25, 0.3) is 0 Å². The molecule has 3 atom stereocenters. The predicted molar refractivity (Wildman–Crippen MR) is 75.6 cm³/mol. The van der Waals surface area contributed by atoms with Crippen molar-refractivity contribution >= 4 is 0 Å². The maximum Gasteiger partial charge on any atom is 0.0979 e. The molecule has 0 aliphatic carbocycles. The van der Waals surface area contributed by atoms with Crippen LogP contribution in [0.2, 0.25) is 0 Å². The molecule has 0 aromatic heterocycles. The molecule has 2 nitrogen and oxygen atoms in total. The van der Waals surface area contributed by atoms with Crippen molar-refractivity contribution in [2.24, 2.45) is 5.92 Å². The van der Waals surface area contributed by atoms with E-state index in [0.29, 0.717) is 18.1 Å². The lowest BCUT2D eigenvalue weighted by atomic mass is 9.92. The Morgan fingerprint density at radius 1 is 1.22 bits per heavy atom. The second-order valence-corrected chi connectivity index (χ2v) is 5.28. The molecular weight excluding hydrogens is 222 g/mol. The van der Waals surface area contributed by atoms with Gasteiger partial charge in [-0.25, -0.2) is 0 Å². The van der Waals surface area contributed by atoms with Crippen molar-refractivity contribution in [1.82, 2.24) is 5.32 Å². The molecule has 100 valence electrons. The van der Waals surface area contributed by atoms with E-state index in [4.69, 9.17) is 4.74 Å². The quantitative estimate of drug-likeness (QED) is 0.878. The highest BCUT2D eigenvalue weighted by atomic mass is 16.5. The van der Waals surface area contributed by atoms with Crippen molar-refractivity contribution in [2.45, 2.75) is 51.9 Å². The fourth-order valence-electron chi connectivity index (χ4n) is 2.87. The molecule has 3 unspecified atom stereocenters. The average molecular weight is 247 g/mol. The van der Waals surface area contributed by atoms with Crippen LogP contribution in [0.4, 0.5) is 0 Å². The van der Waals surface area contributed by atoms with Gasteiger partial charge >= 0.3 is 0 Å². The van der Waals surface area contributed by atoms with Gasteiger partial charge in [-0.15, -0.1) is 0 Å². The van der Waals surface area contributed by atoms with Crippen LogP contribution in [0, 0.1) is 5.92 Å². The second-order valence-electron chi connectivity index (χ2n) is 5.28. The maximum atomic E-state index is 6.37. The molecule has 2 rings (SSSR count). The molecule has 0 spiro atoms. The Morgan fingerprint density at radius 2 is 1.89 bits per heavy atom. The zero-order valence-electron chi connectivity index (χ0n) is 11.7. The number of hydrogen-bond acceptors (Lipinski definition) is 2. The van der Waals surface area contributed by atoms with Gasteiger partial charge in [-0.05, 0) is 18.4 Å². The van der Waals surface area contributed by atoms with Gasteiger partial charge in [-0.1, -0.05) is 57.0 Å². The summed E-state index contributed by atoms with van der Waals surface area (Å²) in [6, 6.07) is 11.0. The highest BCUT2D eigenvalue weighted by Gasteiger charge is 2.32. The fourth-order valence-corrected chi connectivity index (χ4v) is 2.87. The van der Waals surface area contributed by atoms with Crippen molar-refractivity contribution < 1.29 is 4.74 Å². The summed E-state index contributed by atoms with van der Waals surface area (Å²) < 4.78 is 6.37. The van der Waals surface area contributed by atoms with Gasteiger partial charge in [0.05, 0.1) is 12.2 Å². The van der Waals surface area contributed by atoms with Crippen molar-refractivity contribution in [3.8, 4) is 0 Å². The van der Waals surface area contributed by atoms with Crippen LogP contribution in [-0.4, -0.2) is 18.7 Å². The molecule has 2 heteroatoms. The summed E-state index contributed by atoms with van der Waals surface area (Å²) in [7, 11) is 0. The summed E-state index contributed by atoms with van der Waals surface area (Å²) >= 11 is 0. The van der Waals surface area contributed by atoms with Crippen LogP contribution in [-0.2, 0) is 4.74 Å². The third kappa shape index (κ3) is 2.93. The normalized spacial score (nSPS) is 28.6. The molecule has 1 saturated heterocycles. The highest BCUT2D eigenvalue weighted by Crippen LogP contribution is 2.30. The number of morpholine rings is 1. The standard InChI is InChI=1S/C16H25NO/c1-4-13(5-2)15-11-17-12(3)16(18-15)14-9-7-6-8-10-14/h6-10,12-13,15-17H,4-5,11H2,1-3H3. The Hall–Kier alpha value is -0.860. The summed E-state index contributed by atoms with van der Waals surface area (Å²) in [5.41, 5.74) is 1.29. The van der Waals surface area contributed by atoms with Gasteiger partial charge in [0, 0.05) is 12.6 Å². The molecule has 0 amide bonds. The van der Waals surface area contributed by atoms with E-state index in [-0.39, 0.29) is 6.10 Å². The van der Waals surface area contributed by atoms with E-state index in [1.165, 1.54) is 18.4 Å². The van der Waals surface area contributed by atoms with E-state index in [2.05, 4.69) is 56.4 Å². The SMILES string of the molecule is CCC(CC)C1CNC(C)C(c2ccccc2)O1. The zero-order chi connectivity index (χ0) is 13.0. The second kappa shape index (κ2) is 6.35. The molecule has 1 aromatic carbocycles. The number of rotatable bonds is 4. The third-order valence-electron chi connectivity index (χ3n) is 4.12. The van der Waals surface area contributed by atoms with Crippen molar-refractivity contribution in [1.29, 1.82) is 0 Å². The van der Waals surface area contributed by atoms with Crippen LogP contribution < -0.4 is 5.32 Å². The van der Waals surface area contributed by atoms with Gasteiger partial charge in [0.15, 0.2) is 0 Å². The summed E-state index contributed by atoms with van der Waals surface area (Å²) in [6.07, 6.45) is 2.92. The summed E-state index contributed by atoms with van der Waals surface area (Å²) in [6.45, 7) is 7.71. The molecule has 0 bridgehead atoms. The van der Waals surface area contributed by atoms with Crippen LogP contribution >= 0.6 is 0 Å². The van der Waals surface area contributed by atoms with Crippen LogP contribution in [0.15, 0.2) is 30.3 Å². The number of hydrogen-bond donors (Lipinski definition) is 1. The van der Waals surface area contributed by atoms with E-state index >= 15 is 0 Å². The Bertz CT molecular complexity index is 347. The molecule has 1 aliphatic rings. The molecule has 1 aromatic rings. The minimum atomic E-state index is 0.186. The lowest BCUT2D eigenvalue weighted by molar-refractivity contribution is -0.0881. The average Bonchev–Trinajstić information content (AvgIpc) is 2.43. The van der Waals surface area contributed by atoms with E-state index in [1.54, 1.807) is 0 Å². The first-order chi connectivity index (χ1) is 8.76. The smallest absolute Gasteiger partial charge is 0.0979 e. The van der Waals surface area contributed by atoms with Crippen LogP contribution in [0.5, 0.6) is 0 Å². The van der Waals surface area contributed by atoms with Crippen molar-refractivity contribution in [2.75, 3.05) is 6.54 Å². The predicted octanol–water partition coefficient (Wildman–Crippen LogP) is 3.54. The molecule has 1 heterocycles. The lowest BCUT2D eigenvalue weighted by Crippen LogP contribution is -2.49. The first-order valence-corrected chi connectivity index (χ1v) is 7.20. The third-order valence-corrected chi connectivity index (χ3v) is 4.12. The first kappa shape index (κ1) is 13.6. The Balaban J connectivity index is 2.10. The zero-order valence-corrected chi connectivity index (χ0v) is 11.7. The number of nitrogens with one attached hydrogen (secondary N) is 1. The van der Waals surface area contributed by atoms with Crippen LogP contribution in [0.1, 0.15) is 45.3 Å². The van der Waals surface area contributed by atoms with E-state index < -0.39 is 0 Å². The Labute approximate surface area is 111 Å². The molecule has 1 fully saturated rings. The fraction of sp³-hybridized carbons (Fsp3) is 0.625. The minimum absolute atomic E-state index is 0.186. The van der Waals surface area contributed by atoms with Gasteiger partial charge in [0.1, 0.15) is 0 Å². The highest BCUT2D eigenvalue weighted by molar-refractivity contribution is 5.19. The molecular formula is C16H25NO. The number of benzene rings is 1. The lowest BCUT2D eigenvalue weighted by Gasteiger charge is -2.39. The topological polar surface area (TPSA) is 21.3 Å². The summed E-state index contributed by atoms with van der Waals surface area (Å²) in [5.74, 6) is 0.663. The maximum absolute atomic E-state index is 6.37. The summed E-state index contributed by atoms with van der Waals surface area (Å²) in [5, 5.41) is 3.60. The molecule has 1 N–H and O–H groups in total. The van der Waals surface area contributed by atoms with Gasteiger partial charge in [-0.3, -0.25) is 0 Å². The summed E-state index contributed by atoms with van der Waals surface area (Å²) in [4.78, 5) is 0. The van der Waals surface area contributed by atoms with Crippen molar-refractivity contribution in [3.05, 3.63) is 35.9 Å². The minimum Gasteiger partial charge on any atom is -0.367 e. The molecule has 18 heavy (non-hydrogen) atoms. The molecule has 0 radical (unpaired) electrons. The van der Waals surface area contributed by atoms with Crippen molar-refractivity contribution in [3.63, 3.8) is 0 Å². The van der Waals surface area contributed by atoms with Gasteiger partial charge < -0.3 is 10.1 Å². The Morgan fingerprint density at radius 3 is 2.50 bits per heavy atom.